The standard InChI is InChI=1S/C18H17FN2O5S/c1-11-18(27(24,25)20-13-4-3-5-14(9-13)26-2)15-8-12(19)6-7-16(15)21(11)10-17(22)23/h3-9,20H,10H2,1-2H3,(H,22,23). The van der Waals surface area contributed by atoms with Gasteiger partial charge in [-0.15, -0.1) is 0 Å². The number of rotatable bonds is 6. The molecular weight excluding hydrogens is 375 g/mol. The van der Waals surface area contributed by atoms with Crippen LogP contribution in [0.25, 0.3) is 10.9 Å². The molecule has 0 aliphatic rings. The minimum absolute atomic E-state index is 0.115. The summed E-state index contributed by atoms with van der Waals surface area (Å²) in [6, 6.07) is 9.95. The van der Waals surface area contributed by atoms with E-state index in [-0.39, 0.29) is 21.7 Å². The van der Waals surface area contributed by atoms with E-state index in [1.807, 2.05) is 0 Å². The topological polar surface area (TPSA) is 97.6 Å². The second-order valence-electron chi connectivity index (χ2n) is 5.89. The number of nitrogens with one attached hydrogen (secondary N) is 1. The molecule has 0 aliphatic heterocycles. The first-order chi connectivity index (χ1) is 12.7. The summed E-state index contributed by atoms with van der Waals surface area (Å²) in [6.45, 7) is 1.05. The van der Waals surface area contributed by atoms with Gasteiger partial charge in [-0.25, -0.2) is 12.8 Å². The van der Waals surface area contributed by atoms with E-state index >= 15 is 0 Å². The van der Waals surface area contributed by atoms with Crippen LogP contribution < -0.4 is 9.46 Å². The molecule has 0 aliphatic carbocycles. The second kappa shape index (κ2) is 6.92. The summed E-state index contributed by atoms with van der Waals surface area (Å²) in [5, 5.41) is 9.25. The van der Waals surface area contributed by atoms with E-state index in [0.29, 0.717) is 11.3 Å². The van der Waals surface area contributed by atoms with Crippen LogP contribution in [0.1, 0.15) is 5.69 Å². The highest BCUT2D eigenvalue weighted by atomic mass is 32.2. The number of ether oxygens (including phenoxy) is 1. The molecule has 0 radical (unpaired) electrons. The van der Waals surface area contributed by atoms with Gasteiger partial charge in [-0.1, -0.05) is 6.07 Å². The van der Waals surface area contributed by atoms with Crippen LogP contribution in [0.3, 0.4) is 0 Å². The number of anilines is 1. The highest BCUT2D eigenvalue weighted by molar-refractivity contribution is 7.93. The molecule has 0 atom stereocenters. The van der Waals surface area contributed by atoms with Gasteiger partial charge in [0, 0.05) is 17.1 Å². The molecule has 3 aromatic rings. The van der Waals surface area contributed by atoms with E-state index < -0.39 is 28.4 Å². The number of carboxylic acid groups (broad SMARTS) is 1. The first-order valence-electron chi connectivity index (χ1n) is 7.90. The van der Waals surface area contributed by atoms with Gasteiger partial charge in [-0.05, 0) is 37.3 Å². The van der Waals surface area contributed by atoms with Crippen LogP contribution in [-0.2, 0) is 21.4 Å². The fourth-order valence-corrected chi connectivity index (χ4v) is 4.49. The van der Waals surface area contributed by atoms with Crippen molar-refractivity contribution >= 4 is 32.6 Å². The van der Waals surface area contributed by atoms with Gasteiger partial charge >= 0.3 is 5.97 Å². The molecule has 1 aromatic heterocycles. The van der Waals surface area contributed by atoms with Gasteiger partial charge in [-0.2, -0.15) is 0 Å². The Labute approximate surface area is 155 Å². The van der Waals surface area contributed by atoms with Crippen LogP contribution in [0.2, 0.25) is 0 Å². The highest BCUT2D eigenvalue weighted by Crippen LogP contribution is 2.32. The number of aliphatic carboxylic acids is 1. The minimum Gasteiger partial charge on any atom is -0.497 e. The number of nitrogens with zero attached hydrogens (tertiary/aromatic N) is 1. The molecule has 3 rings (SSSR count). The fourth-order valence-electron chi connectivity index (χ4n) is 2.99. The summed E-state index contributed by atoms with van der Waals surface area (Å²) in [4.78, 5) is 11.0. The van der Waals surface area contributed by atoms with E-state index in [1.165, 1.54) is 30.7 Å². The normalized spacial score (nSPS) is 11.5. The number of hydrogen-bond acceptors (Lipinski definition) is 4. The predicted octanol–water partition coefficient (Wildman–Crippen LogP) is 2.98. The number of aromatic nitrogens is 1. The molecule has 1 heterocycles. The van der Waals surface area contributed by atoms with Gasteiger partial charge in [0.1, 0.15) is 23.0 Å². The number of carbonyl (C=O) groups is 1. The third kappa shape index (κ3) is 3.59. The van der Waals surface area contributed by atoms with Crippen molar-refractivity contribution in [2.45, 2.75) is 18.4 Å². The second-order valence-corrected chi connectivity index (χ2v) is 7.51. The van der Waals surface area contributed by atoms with Crippen molar-refractivity contribution in [2.75, 3.05) is 11.8 Å². The summed E-state index contributed by atoms with van der Waals surface area (Å²) >= 11 is 0. The number of benzene rings is 2. The summed E-state index contributed by atoms with van der Waals surface area (Å²) < 4.78 is 48.6. The average Bonchev–Trinajstić information content (AvgIpc) is 2.86. The maximum absolute atomic E-state index is 13.8. The number of halogens is 1. The van der Waals surface area contributed by atoms with Gasteiger partial charge < -0.3 is 14.4 Å². The zero-order valence-corrected chi connectivity index (χ0v) is 15.4. The SMILES string of the molecule is COc1cccc(NS(=O)(=O)c2c(C)n(CC(=O)O)c3ccc(F)cc23)c1. The lowest BCUT2D eigenvalue weighted by Crippen LogP contribution is -2.15. The number of sulfonamides is 1. The predicted molar refractivity (Wildman–Crippen MR) is 98.1 cm³/mol. The van der Waals surface area contributed by atoms with Crippen molar-refractivity contribution in [3.63, 3.8) is 0 Å². The summed E-state index contributed by atoms with van der Waals surface area (Å²) in [6.07, 6.45) is 0. The Bertz CT molecular complexity index is 1140. The molecule has 0 spiro atoms. The average molecular weight is 392 g/mol. The molecule has 2 aromatic carbocycles. The lowest BCUT2D eigenvalue weighted by molar-refractivity contribution is -0.137. The van der Waals surface area contributed by atoms with E-state index in [0.717, 1.165) is 12.1 Å². The molecular formula is C18H17FN2O5S. The Kier molecular flexibility index (Phi) is 4.79. The molecule has 7 nitrogen and oxygen atoms in total. The first-order valence-corrected chi connectivity index (χ1v) is 9.38. The zero-order valence-electron chi connectivity index (χ0n) is 14.6. The van der Waals surface area contributed by atoms with E-state index in [9.17, 15) is 17.6 Å². The Hall–Kier alpha value is -3.07. The summed E-state index contributed by atoms with van der Waals surface area (Å²) in [5.74, 6) is -1.29. The van der Waals surface area contributed by atoms with Gasteiger partial charge in [-0.3, -0.25) is 9.52 Å². The maximum atomic E-state index is 13.8. The molecule has 142 valence electrons. The van der Waals surface area contributed by atoms with Crippen molar-refractivity contribution < 1.29 is 27.4 Å². The zero-order chi connectivity index (χ0) is 19.8. The van der Waals surface area contributed by atoms with Gasteiger partial charge in [0.05, 0.1) is 18.3 Å². The van der Waals surface area contributed by atoms with Crippen molar-refractivity contribution in [1.82, 2.24) is 4.57 Å². The monoisotopic (exact) mass is 392 g/mol. The summed E-state index contributed by atoms with van der Waals surface area (Å²) in [5.41, 5.74) is 0.792. The minimum atomic E-state index is -4.11. The maximum Gasteiger partial charge on any atom is 0.323 e. The number of methoxy groups -OCH3 is 1. The highest BCUT2D eigenvalue weighted by Gasteiger charge is 2.26. The quantitative estimate of drug-likeness (QED) is 0.672. The smallest absolute Gasteiger partial charge is 0.323 e. The molecule has 9 heteroatoms. The van der Waals surface area contributed by atoms with Crippen molar-refractivity contribution in [3.8, 4) is 5.75 Å². The molecule has 0 amide bonds. The fraction of sp³-hybridized carbons (Fsp3) is 0.167. The van der Waals surface area contributed by atoms with Crippen LogP contribution >= 0.6 is 0 Å². The van der Waals surface area contributed by atoms with E-state index in [1.54, 1.807) is 18.2 Å². The third-order valence-electron chi connectivity index (χ3n) is 4.11. The van der Waals surface area contributed by atoms with E-state index in [2.05, 4.69) is 4.72 Å². The number of fused-ring (bicyclic) bond motifs is 1. The van der Waals surface area contributed by atoms with Crippen LogP contribution in [0.5, 0.6) is 5.75 Å². The molecule has 0 fully saturated rings. The van der Waals surface area contributed by atoms with Crippen molar-refractivity contribution in [1.29, 1.82) is 0 Å². The van der Waals surface area contributed by atoms with Crippen LogP contribution in [0.15, 0.2) is 47.4 Å². The number of carboxylic acids is 1. The van der Waals surface area contributed by atoms with Crippen molar-refractivity contribution in [3.05, 3.63) is 54.0 Å². The lowest BCUT2D eigenvalue weighted by atomic mass is 10.2. The first kappa shape index (κ1) is 18.7. The summed E-state index contributed by atoms with van der Waals surface area (Å²) in [7, 11) is -2.65. The molecule has 0 saturated carbocycles. The van der Waals surface area contributed by atoms with Gasteiger partial charge in [0.25, 0.3) is 10.0 Å². The lowest BCUT2D eigenvalue weighted by Gasteiger charge is -2.10. The Morgan fingerprint density at radius 1 is 1.26 bits per heavy atom. The van der Waals surface area contributed by atoms with Crippen LogP contribution in [0.4, 0.5) is 10.1 Å². The molecule has 0 saturated heterocycles. The third-order valence-corrected chi connectivity index (χ3v) is 5.67. The van der Waals surface area contributed by atoms with Crippen LogP contribution in [-0.4, -0.2) is 31.2 Å². The number of hydrogen-bond donors (Lipinski definition) is 2. The molecule has 0 unspecified atom stereocenters. The largest absolute Gasteiger partial charge is 0.497 e. The van der Waals surface area contributed by atoms with Crippen LogP contribution in [0, 0.1) is 12.7 Å². The van der Waals surface area contributed by atoms with Crippen molar-refractivity contribution in [2.24, 2.45) is 0 Å². The van der Waals surface area contributed by atoms with Gasteiger partial charge in [0.2, 0.25) is 0 Å². The Morgan fingerprint density at radius 3 is 2.67 bits per heavy atom. The Morgan fingerprint density at radius 2 is 2.00 bits per heavy atom. The molecule has 2 N–H and O–H groups in total. The Balaban J connectivity index is 2.18. The molecule has 0 bridgehead atoms. The van der Waals surface area contributed by atoms with E-state index in [4.69, 9.17) is 9.84 Å². The van der Waals surface area contributed by atoms with Gasteiger partial charge in [0.15, 0.2) is 0 Å². The molecule has 27 heavy (non-hydrogen) atoms.